The van der Waals surface area contributed by atoms with Gasteiger partial charge in [0.05, 0.1) is 0 Å². The summed E-state index contributed by atoms with van der Waals surface area (Å²) in [5, 5.41) is 0. The summed E-state index contributed by atoms with van der Waals surface area (Å²) in [5.74, 6) is -1.32. The fourth-order valence-corrected chi connectivity index (χ4v) is 33.3. The van der Waals surface area contributed by atoms with Crippen LogP contribution in [0.4, 0.5) is 0 Å². The topological polar surface area (TPSA) is 0 Å². The molecule has 8 aromatic carbocycles. The maximum absolute atomic E-state index is 2.78. The second-order valence-corrected chi connectivity index (χ2v) is 38.8. The summed E-state index contributed by atoms with van der Waals surface area (Å²) < 4.78 is 0.824. The van der Waals surface area contributed by atoms with Crippen molar-refractivity contribution in [2.75, 3.05) is 0 Å². The second kappa shape index (κ2) is 18.1. The van der Waals surface area contributed by atoms with E-state index in [0.29, 0.717) is 7.25 Å². The molecule has 2 unspecified atom stereocenters. The van der Waals surface area contributed by atoms with E-state index in [-0.39, 0.29) is 0 Å². The van der Waals surface area contributed by atoms with E-state index >= 15 is 0 Å². The predicted molar refractivity (Wildman–Crippen MR) is 274 cm³/mol. The Bertz CT molecular complexity index is 2800. The molecule has 0 radical (unpaired) electrons. The standard InChI is InChI=1S/2C30H25.C2H7Si.Zr/c2*1-21-8-12-25(13-9-21)27-16-17-28(26-14-10-22(2)11-15-26)30-20-24(19-29(27)30)18-23-6-4-3-5-7-23;1-3-2;/h2*3-17,19-20H,18H2,1-2H3;3H,1-2H3;. The van der Waals surface area contributed by atoms with Crippen molar-refractivity contribution in [1.29, 1.82) is 0 Å². The summed E-state index contributed by atoms with van der Waals surface area (Å²) in [5.41, 5.74) is 28.2. The van der Waals surface area contributed by atoms with Crippen LogP contribution in [-0.2, 0) is 33.8 Å². The quantitative estimate of drug-likeness (QED) is 0.113. The van der Waals surface area contributed by atoms with Crippen LogP contribution >= 0.6 is 0 Å². The third-order valence-electron chi connectivity index (χ3n) is 13.8. The molecule has 0 aromatic heterocycles. The Morgan fingerprint density at radius 3 is 0.969 bits per heavy atom. The summed E-state index contributed by atoms with van der Waals surface area (Å²) in [6, 6.07) is 69.8. The minimum absolute atomic E-state index is 0.412. The first kappa shape index (κ1) is 42.3. The van der Waals surface area contributed by atoms with Crippen molar-refractivity contribution in [2.45, 2.75) is 60.9 Å². The number of benzene rings is 8. The van der Waals surface area contributed by atoms with Gasteiger partial charge in [0.25, 0.3) is 0 Å². The first-order valence-electron chi connectivity index (χ1n) is 23.2. The molecule has 0 amide bonds. The summed E-state index contributed by atoms with van der Waals surface area (Å²) in [6.07, 6.45) is 7.32. The van der Waals surface area contributed by atoms with Crippen LogP contribution in [0.15, 0.2) is 193 Å². The van der Waals surface area contributed by atoms with Crippen molar-refractivity contribution >= 4 is 18.1 Å². The number of hydrogen-bond acceptors (Lipinski definition) is 0. The molecule has 313 valence electrons. The summed E-state index contributed by atoms with van der Waals surface area (Å²) in [6.45, 7) is 14.3. The van der Waals surface area contributed by atoms with Gasteiger partial charge in [-0.05, 0) is 0 Å². The van der Waals surface area contributed by atoms with Gasteiger partial charge in [0.1, 0.15) is 0 Å². The van der Waals surface area contributed by atoms with Crippen molar-refractivity contribution in [2.24, 2.45) is 0 Å². The van der Waals surface area contributed by atoms with Crippen LogP contribution in [0.5, 0.6) is 0 Å². The fourth-order valence-electron chi connectivity index (χ4n) is 10.6. The summed E-state index contributed by atoms with van der Waals surface area (Å²) in [4.78, 5) is 0. The van der Waals surface area contributed by atoms with Crippen LogP contribution in [0.1, 0.15) is 62.9 Å². The SMILES string of the molecule is Cc1ccc(-c2ccc(-c3ccc(C)cc3)c3c2C=C(Cc2ccccc2)[CH]3[Zr]([CH]2C(Cc3ccccc3)=Cc3c(-c4ccc(C)cc4)ccc(-c4ccc(C)cc4)c32)[SiH](C)C)cc1. The predicted octanol–water partition coefficient (Wildman–Crippen LogP) is 16.3. The monoisotopic (exact) mass is 919 g/mol. The van der Waals surface area contributed by atoms with Crippen molar-refractivity contribution in [3.05, 3.63) is 249 Å². The van der Waals surface area contributed by atoms with Gasteiger partial charge >= 0.3 is 393 Å². The van der Waals surface area contributed by atoms with Crippen LogP contribution in [0.25, 0.3) is 56.7 Å². The third kappa shape index (κ3) is 8.28. The third-order valence-corrected chi connectivity index (χ3v) is 35.5. The first-order chi connectivity index (χ1) is 31.2. The van der Waals surface area contributed by atoms with Crippen molar-refractivity contribution in [3.63, 3.8) is 0 Å². The molecular formula is C62H57SiZr. The summed E-state index contributed by atoms with van der Waals surface area (Å²) in [7, 11) is 0. The van der Waals surface area contributed by atoms with E-state index in [1.807, 2.05) is 0 Å². The van der Waals surface area contributed by atoms with Crippen molar-refractivity contribution in [1.82, 2.24) is 0 Å². The minimum atomic E-state index is -2.78. The van der Waals surface area contributed by atoms with E-state index in [1.54, 1.807) is 22.3 Å². The van der Waals surface area contributed by atoms with Gasteiger partial charge in [0, 0.05) is 0 Å². The molecule has 0 nitrogen and oxygen atoms in total. The molecule has 0 saturated heterocycles. The molecule has 0 N–H and O–H groups in total. The Hall–Kier alpha value is -5.66. The molecule has 10 rings (SSSR count). The first-order valence-corrected chi connectivity index (χ1v) is 33.2. The van der Waals surface area contributed by atoms with Crippen LogP contribution in [0.3, 0.4) is 0 Å². The summed E-state index contributed by atoms with van der Waals surface area (Å²) >= 11 is -2.78. The van der Waals surface area contributed by atoms with Gasteiger partial charge < -0.3 is 0 Å². The number of allylic oxidation sites excluding steroid dienone is 2. The Labute approximate surface area is 390 Å². The maximum atomic E-state index is 2.73. The van der Waals surface area contributed by atoms with Crippen molar-refractivity contribution < 1.29 is 20.9 Å². The normalized spacial score (nSPS) is 15.2. The molecule has 2 aliphatic rings. The van der Waals surface area contributed by atoms with Crippen LogP contribution in [0.2, 0.25) is 13.1 Å². The van der Waals surface area contributed by atoms with E-state index < -0.39 is 26.8 Å². The molecule has 64 heavy (non-hydrogen) atoms. The Morgan fingerprint density at radius 2 is 0.656 bits per heavy atom. The van der Waals surface area contributed by atoms with Crippen LogP contribution in [0, 0.1) is 27.7 Å². The van der Waals surface area contributed by atoms with E-state index in [9.17, 15) is 0 Å². The van der Waals surface area contributed by atoms with Gasteiger partial charge in [0.2, 0.25) is 0 Å². The molecule has 0 spiro atoms. The number of rotatable bonds is 11. The molecule has 0 aliphatic heterocycles. The molecular weight excluding hydrogens is 864 g/mol. The molecule has 2 atom stereocenters. The molecule has 2 heteroatoms. The zero-order valence-electron chi connectivity index (χ0n) is 38.1. The van der Waals surface area contributed by atoms with Gasteiger partial charge in [-0.3, -0.25) is 0 Å². The zero-order valence-corrected chi connectivity index (χ0v) is 41.7. The average molecular weight is 921 g/mol. The Morgan fingerprint density at radius 1 is 0.359 bits per heavy atom. The Kier molecular flexibility index (Phi) is 11.9. The van der Waals surface area contributed by atoms with E-state index in [2.05, 4.69) is 235 Å². The number of aryl methyl sites for hydroxylation is 4. The van der Waals surface area contributed by atoms with Gasteiger partial charge in [-0.25, -0.2) is 0 Å². The fraction of sp³-hybridized carbons (Fsp3) is 0.161. The average Bonchev–Trinajstić information content (AvgIpc) is 3.86. The van der Waals surface area contributed by atoms with Gasteiger partial charge in [-0.2, -0.15) is 0 Å². The van der Waals surface area contributed by atoms with Crippen LogP contribution < -0.4 is 0 Å². The molecule has 0 fully saturated rings. The Balaban J connectivity index is 1.27. The van der Waals surface area contributed by atoms with Gasteiger partial charge in [-0.15, -0.1) is 0 Å². The van der Waals surface area contributed by atoms with Gasteiger partial charge in [0.15, 0.2) is 0 Å². The van der Waals surface area contributed by atoms with E-state index in [0.717, 1.165) is 12.8 Å². The zero-order chi connectivity index (χ0) is 43.9. The second-order valence-electron chi connectivity index (χ2n) is 18.7. The van der Waals surface area contributed by atoms with Crippen molar-refractivity contribution in [3.8, 4) is 44.5 Å². The number of fused-ring (bicyclic) bond motifs is 2. The molecule has 0 heterocycles. The van der Waals surface area contributed by atoms with Gasteiger partial charge in [-0.1, -0.05) is 0 Å². The van der Waals surface area contributed by atoms with E-state index in [4.69, 9.17) is 0 Å². The number of hydrogen-bond donors (Lipinski definition) is 0. The molecule has 2 aliphatic carbocycles. The van der Waals surface area contributed by atoms with Crippen LogP contribution in [-0.4, -0.2) is 5.92 Å². The molecule has 0 saturated carbocycles. The molecule has 8 aromatic rings. The molecule has 0 bridgehead atoms. The van der Waals surface area contributed by atoms with E-state index in [1.165, 1.54) is 89.0 Å².